The van der Waals surface area contributed by atoms with E-state index in [0.29, 0.717) is 18.7 Å². The number of alkyl carbamates (subject to hydrolysis) is 1. The molecule has 0 unspecified atom stereocenters. The molecule has 3 aromatic carbocycles. The highest BCUT2D eigenvalue weighted by Crippen LogP contribution is 2.24. The van der Waals surface area contributed by atoms with E-state index in [4.69, 9.17) is 4.74 Å². The molecule has 0 aliphatic carbocycles. The maximum absolute atomic E-state index is 12.7. The molecule has 3 aromatic rings. The SMILES string of the molecule is CN(C)Cc1ccc(-c2ccccc2CNC(=O)c2ccc(CNC(=O)OC(C)(C)C)cc2)cc1. The van der Waals surface area contributed by atoms with Crippen LogP contribution in [0.3, 0.4) is 0 Å². The fraction of sp³-hybridized carbons (Fsp3) is 0.310. The number of nitrogens with zero attached hydrogens (tertiary/aromatic N) is 1. The number of hydrogen-bond acceptors (Lipinski definition) is 4. The molecule has 0 saturated carbocycles. The first-order valence-corrected chi connectivity index (χ1v) is 11.8. The van der Waals surface area contributed by atoms with Gasteiger partial charge in [-0.05, 0) is 74.8 Å². The summed E-state index contributed by atoms with van der Waals surface area (Å²) in [7, 11) is 4.11. The van der Waals surface area contributed by atoms with Crippen molar-refractivity contribution in [1.29, 1.82) is 0 Å². The number of nitrogens with one attached hydrogen (secondary N) is 2. The predicted octanol–water partition coefficient (Wildman–Crippen LogP) is 5.37. The van der Waals surface area contributed by atoms with E-state index in [-0.39, 0.29) is 5.91 Å². The molecule has 0 aliphatic heterocycles. The third-order valence-electron chi connectivity index (χ3n) is 5.27. The van der Waals surface area contributed by atoms with E-state index in [2.05, 4.69) is 60.0 Å². The number of benzene rings is 3. The van der Waals surface area contributed by atoms with Gasteiger partial charge in [-0.25, -0.2) is 4.79 Å². The van der Waals surface area contributed by atoms with Crippen LogP contribution in [0.5, 0.6) is 0 Å². The third kappa shape index (κ3) is 8.26. The van der Waals surface area contributed by atoms with Crippen LogP contribution in [0, 0.1) is 0 Å². The summed E-state index contributed by atoms with van der Waals surface area (Å²) in [6.45, 7) is 7.11. The topological polar surface area (TPSA) is 70.7 Å². The number of hydrogen-bond donors (Lipinski definition) is 2. The van der Waals surface area contributed by atoms with Crippen molar-refractivity contribution in [3.05, 3.63) is 95.1 Å². The van der Waals surface area contributed by atoms with Crippen molar-refractivity contribution in [1.82, 2.24) is 15.5 Å². The van der Waals surface area contributed by atoms with Crippen molar-refractivity contribution < 1.29 is 14.3 Å². The zero-order valence-corrected chi connectivity index (χ0v) is 21.2. The molecule has 6 nitrogen and oxygen atoms in total. The van der Waals surface area contributed by atoms with Gasteiger partial charge in [0.25, 0.3) is 5.91 Å². The first-order chi connectivity index (χ1) is 16.6. The fourth-order valence-electron chi connectivity index (χ4n) is 3.65. The Hall–Kier alpha value is -3.64. The average Bonchev–Trinajstić information content (AvgIpc) is 2.81. The molecule has 3 rings (SSSR count). The Morgan fingerprint density at radius 2 is 1.43 bits per heavy atom. The van der Waals surface area contributed by atoms with Crippen LogP contribution in [0.25, 0.3) is 11.1 Å². The highest BCUT2D eigenvalue weighted by atomic mass is 16.6. The standard InChI is InChI=1S/C29H35N3O3/c1-29(2,3)35-28(34)31-18-21-10-16-24(17-11-21)27(33)30-19-25-8-6-7-9-26(25)23-14-12-22(13-15-23)20-32(4)5/h6-17H,18-20H2,1-5H3,(H,30,33)(H,31,34). The average molecular weight is 474 g/mol. The van der Waals surface area contributed by atoms with Crippen molar-refractivity contribution in [2.24, 2.45) is 0 Å². The lowest BCUT2D eigenvalue weighted by Crippen LogP contribution is -2.32. The monoisotopic (exact) mass is 473 g/mol. The molecule has 2 amide bonds. The maximum atomic E-state index is 12.7. The van der Waals surface area contributed by atoms with Crippen LogP contribution in [-0.2, 0) is 24.4 Å². The maximum Gasteiger partial charge on any atom is 0.407 e. The lowest BCUT2D eigenvalue weighted by Gasteiger charge is -2.19. The van der Waals surface area contributed by atoms with Gasteiger partial charge in [-0.3, -0.25) is 4.79 Å². The van der Waals surface area contributed by atoms with Gasteiger partial charge >= 0.3 is 6.09 Å². The number of ether oxygens (including phenoxy) is 1. The highest BCUT2D eigenvalue weighted by molar-refractivity contribution is 5.94. The molecular weight excluding hydrogens is 438 g/mol. The van der Waals surface area contributed by atoms with Crippen LogP contribution in [0.2, 0.25) is 0 Å². The Balaban J connectivity index is 1.58. The van der Waals surface area contributed by atoms with E-state index in [9.17, 15) is 9.59 Å². The third-order valence-corrected chi connectivity index (χ3v) is 5.27. The predicted molar refractivity (Wildman–Crippen MR) is 140 cm³/mol. The molecule has 2 N–H and O–H groups in total. The quantitative estimate of drug-likeness (QED) is 0.461. The fourth-order valence-corrected chi connectivity index (χ4v) is 3.65. The van der Waals surface area contributed by atoms with Crippen LogP contribution in [0.4, 0.5) is 4.79 Å². The summed E-state index contributed by atoms with van der Waals surface area (Å²) >= 11 is 0. The summed E-state index contributed by atoms with van der Waals surface area (Å²) in [5.74, 6) is -0.146. The minimum Gasteiger partial charge on any atom is -0.444 e. The van der Waals surface area contributed by atoms with Gasteiger partial charge in [-0.1, -0.05) is 60.7 Å². The summed E-state index contributed by atoms with van der Waals surface area (Å²) in [5.41, 5.74) is 5.45. The minimum absolute atomic E-state index is 0.146. The Morgan fingerprint density at radius 1 is 0.800 bits per heavy atom. The normalized spacial score (nSPS) is 11.3. The van der Waals surface area contributed by atoms with E-state index in [1.807, 2.05) is 51.1 Å². The van der Waals surface area contributed by atoms with E-state index < -0.39 is 11.7 Å². The largest absolute Gasteiger partial charge is 0.444 e. The smallest absolute Gasteiger partial charge is 0.407 e. The zero-order valence-electron chi connectivity index (χ0n) is 21.2. The van der Waals surface area contributed by atoms with Crippen molar-refractivity contribution in [2.45, 2.75) is 46.0 Å². The van der Waals surface area contributed by atoms with E-state index >= 15 is 0 Å². The summed E-state index contributed by atoms with van der Waals surface area (Å²) in [6, 6.07) is 23.8. The summed E-state index contributed by atoms with van der Waals surface area (Å²) in [4.78, 5) is 26.7. The number of rotatable bonds is 8. The lowest BCUT2D eigenvalue weighted by molar-refractivity contribution is 0.0523. The van der Waals surface area contributed by atoms with Crippen molar-refractivity contribution >= 4 is 12.0 Å². The summed E-state index contributed by atoms with van der Waals surface area (Å²) in [6.07, 6.45) is -0.467. The molecule has 35 heavy (non-hydrogen) atoms. The van der Waals surface area contributed by atoms with E-state index in [0.717, 1.165) is 28.8 Å². The number of carbonyl (C=O) groups excluding carboxylic acids is 2. The van der Waals surface area contributed by atoms with Crippen LogP contribution >= 0.6 is 0 Å². The molecule has 0 bridgehead atoms. The van der Waals surface area contributed by atoms with Gasteiger partial charge in [-0.15, -0.1) is 0 Å². The van der Waals surface area contributed by atoms with Crippen molar-refractivity contribution in [3.8, 4) is 11.1 Å². The van der Waals surface area contributed by atoms with Crippen LogP contribution < -0.4 is 10.6 Å². The molecule has 0 aliphatic rings. The first-order valence-electron chi connectivity index (χ1n) is 11.8. The van der Waals surface area contributed by atoms with Crippen molar-refractivity contribution in [2.75, 3.05) is 14.1 Å². The number of amides is 2. The Labute approximate surface area is 208 Å². The van der Waals surface area contributed by atoms with Crippen molar-refractivity contribution in [3.63, 3.8) is 0 Å². The Morgan fingerprint density at radius 3 is 2.06 bits per heavy atom. The first kappa shape index (κ1) is 26.0. The van der Waals surface area contributed by atoms with Crippen LogP contribution in [0.15, 0.2) is 72.8 Å². The lowest BCUT2D eigenvalue weighted by atomic mass is 9.98. The molecule has 0 spiro atoms. The van der Waals surface area contributed by atoms with E-state index in [1.54, 1.807) is 12.1 Å². The molecule has 6 heteroatoms. The second-order valence-electron chi connectivity index (χ2n) is 9.83. The molecule has 0 heterocycles. The molecule has 184 valence electrons. The van der Waals surface area contributed by atoms with Gasteiger partial charge < -0.3 is 20.3 Å². The molecule has 0 aromatic heterocycles. The van der Waals surface area contributed by atoms with Crippen LogP contribution in [-0.4, -0.2) is 36.6 Å². The Bertz CT molecular complexity index is 1130. The summed E-state index contributed by atoms with van der Waals surface area (Å²) in [5, 5.41) is 5.74. The van der Waals surface area contributed by atoms with Gasteiger partial charge in [0.1, 0.15) is 5.60 Å². The van der Waals surface area contributed by atoms with Gasteiger partial charge in [0.2, 0.25) is 0 Å². The summed E-state index contributed by atoms with van der Waals surface area (Å²) < 4.78 is 5.24. The second kappa shape index (κ2) is 11.7. The highest BCUT2D eigenvalue weighted by Gasteiger charge is 2.16. The molecular formula is C29H35N3O3. The van der Waals surface area contributed by atoms with Crippen LogP contribution in [0.1, 0.15) is 47.8 Å². The van der Waals surface area contributed by atoms with E-state index in [1.165, 1.54) is 5.56 Å². The van der Waals surface area contributed by atoms with Gasteiger partial charge in [0.05, 0.1) is 0 Å². The molecule has 0 saturated heterocycles. The van der Waals surface area contributed by atoms with Gasteiger partial charge in [-0.2, -0.15) is 0 Å². The molecule has 0 radical (unpaired) electrons. The molecule has 0 atom stereocenters. The zero-order chi connectivity index (χ0) is 25.4. The van der Waals surface area contributed by atoms with Gasteiger partial charge in [0, 0.05) is 25.2 Å². The Kier molecular flexibility index (Phi) is 8.66. The minimum atomic E-state index is -0.541. The molecule has 0 fully saturated rings. The number of carbonyl (C=O) groups is 2. The second-order valence-corrected chi connectivity index (χ2v) is 9.83. The van der Waals surface area contributed by atoms with Gasteiger partial charge in [0.15, 0.2) is 0 Å².